The van der Waals surface area contributed by atoms with Gasteiger partial charge in [0.2, 0.25) is 0 Å². The summed E-state index contributed by atoms with van der Waals surface area (Å²) >= 11 is 0. The number of nitrogens with zero attached hydrogens (tertiary/aromatic N) is 4. The molecular formula is C7H13N5O2. The zero-order chi connectivity index (χ0) is 10.6. The summed E-state index contributed by atoms with van der Waals surface area (Å²) < 4.78 is 1.22. The second kappa shape index (κ2) is 4.54. The lowest BCUT2D eigenvalue weighted by molar-refractivity contribution is 0.210. The second-order valence-corrected chi connectivity index (χ2v) is 2.75. The normalized spacial score (nSPS) is 14.1. The predicted molar refractivity (Wildman–Crippen MR) is 50.1 cm³/mol. The van der Waals surface area contributed by atoms with E-state index in [0.29, 0.717) is 6.42 Å². The number of H-pyrrole nitrogens is 1. The van der Waals surface area contributed by atoms with Crippen LogP contribution in [0.25, 0.3) is 0 Å². The fraction of sp³-hybridized carbons (Fsp3) is 0.714. The summed E-state index contributed by atoms with van der Waals surface area (Å²) in [7, 11) is 1.47. The van der Waals surface area contributed by atoms with Crippen LogP contribution in [-0.2, 0) is 4.84 Å². The number of hydrogen-bond acceptors (Lipinski definition) is 5. The maximum atomic E-state index is 11.2. The highest BCUT2D eigenvalue weighted by atomic mass is 16.6. The lowest BCUT2D eigenvalue weighted by atomic mass is 10.1. The Morgan fingerprint density at radius 2 is 2.50 bits per heavy atom. The van der Waals surface area contributed by atoms with Gasteiger partial charge in [0.15, 0.2) is 0 Å². The van der Waals surface area contributed by atoms with Crippen molar-refractivity contribution in [3.05, 3.63) is 10.5 Å². The van der Waals surface area contributed by atoms with Crippen LogP contribution in [0.3, 0.4) is 0 Å². The molecule has 0 aromatic carbocycles. The van der Waals surface area contributed by atoms with Gasteiger partial charge in [-0.05, 0) is 23.8 Å². The lowest BCUT2D eigenvalue weighted by Crippen LogP contribution is -2.27. The zero-order valence-electron chi connectivity index (χ0n) is 8.39. The van der Waals surface area contributed by atoms with Crippen LogP contribution in [0, 0.1) is 0 Å². The lowest BCUT2D eigenvalue weighted by Gasteiger charge is -2.10. The molecule has 1 aromatic heterocycles. The molecule has 0 radical (unpaired) electrons. The Morgan fingerprint density at radius 3 is 2.93 bits per heavy atom. The van der Waals surface area contributed by atoms with Crippen LogP contribution in [-0.4, -0.2) is 33.0 Å². The smallest absolute Gasteiger partial charge is 0.361 e. The molecular weight excluding hydrogens is 186 g/mol. The molecule has 1 rings (SSSR count). The minimum atomic E-state index is -0.352. The second-order valence-electron chi connectivity index (χ2n) is 2.75. The van der Waals surface area contributed by atoms with Crippen molar-refractivity contribution in [3.8, 4) is 0 Å². The summed E-state index contributed by atoms with van der Waals surface area (Å²) in [5.41, 5.74) is 0.387. The average Bonchev–Trinajstić information content (AvgIpc) is 2.59. The van der Waals surface area contributed by atoms with Crippen molar-refractivity contribution in [2.75, 3.05) is 7.11 Å². The molecule has 0 aliphatic heterocycles. The van der Waals surface area contributed by atoms with Gasteiger partial charge in [0.05, 0.1) is 11.8 Å². The Hall–Kier alpha value is -1.66. The van der Waals surface area contributed by atoms with Gasteiger partial charge in [-0.1, -0.05) is 12.1 Å². The fourth-order valence-corrected chi connectivity index (χ4v) is 1.15. The topological polar surface area (TPSA) is 85.2 Å². The molecule has 7 nitrogen and oxygen atoms in total. The van der Waals surface area contributed by atoms with Crippen molar-refractivity contribution in [2.45, 2.75) is 26.3 Å². The van der Waals surface area contributed by atoms with E-state index in [2.05, 4.69) is 25.5 Å². The molecule has 1 aromatic rings. The molecule has 0 saturated carbocycles. The third-order valence-corrected chi connectivity index (χ3v) is 1.91. The molecule has 0 aliphatic rings. The fourth-order valence-electron chi connectivity index (χ4n) is 1.15. The first-order chi connectivity index (χ1) is 6.70. The Bertz CT molecular complexity index is 366. The maximum absolute atomic E-state index is 11.2. The van der Waals surface area contributed by atoms with E-state index in [9.17, 15) is 4.79 Å². The van der Waals surface area contributed by atoms with E-state index in [-0.39, 0.29) is 11.7 Å². The van der Waals surface area contributed by atoms with Gasteiger partial charge in [-0.2, -0.15) is 4.68 Å². The third-order valence-electron chi connectivity index (χ3n) is 1.91. The molecule has 0 aliphatic carbocycles. The molecule has 0 bridgehead atoms. The van der Waals surface area contributed by atoms with Gasteiger partial charge in [0.1, 0.15) is 7.11 Å². The first kappa shape index (κ1) is 10.4. The van der Waals surface area contributed by atoms with Crippen LogP contribution in [0.2, 0.25) is 0 Å². The Kier molecular flexibility index (Phi) is 3.38. The van der Waals surface area contributed by atoms with Crippen molar-refractivity contribution in [2.24, 2.45) is 5.16 Å². The van der Waals surface area contributed by atoms with E-state index in [1.807, 2.05) is 13.8 Å². The molecule has 14 heavy (non-hydrogen) atoms. The largest absolute Gasteiger partial charge is 0.399 e. The average molecular weight is 199 g/mol. The van der Waals surface area contributed by atoms with Crippen LogP contribution < -0.4 is 5.69 Å². The number of aromatic nitrogens is 4. The van der Waals surface area contributed by atoms with E-state index >= 15 is 0 Å². The number of aromatic amines is 1. The third kappa shape index (κ3) is 1.98. The van der Waals surface area contributed by atoms with E-state index < -0.39 is 0 Å². The van der Waals surface area contributed by atoms with Crippen molar-refractivity contribution < 1.29 is 4.84 Å². The molecule has 7 heteroatoms. The standard InChI is InChI=1S/C7H13N5O2/c1-4-6(9-14-3)5(2)12-7(13)8-10-11-12/h5H,4H2,1-3H3,(H,8,11,13). The summed E-state index contributed by atoms with van der Waals surface area (Å²) in [4.78, 5) is 15.8. The first-order valence-electron chi connectivity index (χ1n) is 4.30. The molecule has 1 atom stereocenters. The minimum absolute atomic E-state index is 0.244. The molecule has 0 fully saturated rings. The predicted octanol–water partition coefficient (Wildman–Crippen LogP) is -0.0602. The van der Waals surface area contributed by atoms with Crippen LogP contribution in [0.1, 0.15) is 26.3 Å². The van der Waals surface area contributed by atoms with Gasteiger partial charge in [0, 0.05) is 0 Å². The van der Waals surface area contributed by atoms with Crippen LogP contribution >= 0.6 is 0 Å². The summed E-state index contributed by atoms with van der Waals surface area (Å²) in [6, 6.07) is -0.244. The molecule has 1 unspecified atom stereocenters. The van der Waals surface area contributed by atoms with Gasteiger partial charge in [-0.15, -0.1) is 0 Å². The summed E-state index contributed by atoms with van der Waals surface area (Å²) in [5.74, 6) is 0. The van der Waals surface area contributed by atoms with E-state index in [1.54, 1.807) is 0 Å². The Labute approximate surface area is 80.7 Å². The summed E-state index contributed by atoms with van der Waals surface area (Å²) in [6.45, 7) is 3.74. The van der Waals surface area contributed by atoms with E-state index in [0.717, 1.165) is 5.71 Å². The quantitative estimate of drug-likeness (QED) is 0.543. The molecule has 0 saturated heterocycles. The van der Waals surface area contributed by atoms with Crippen molar-refractivity contribution in [1.29, 1.82) is 0 Å². The monoisotopic (exact) mass is 199 g/mol. The van der Waals surface area contributed by atoms with Crippen LogP contribution in [0.5, 0.6) is 0 Å². The van der Waals surface area contributed by atoms with Crippen molar-refractivity contribution in [1.82, 2.24) is 20.2 Å². The molecule has 0 amide bonds. The van der Waals surface area contributed by atoms with Crippen molar-refractivity contribution in [3.63, 3.8) is 0 Å². The Morgan fingerprint density at radius 1 is 1.79 bits per heavy atom. The SMILES string of the molecule is CCC(=NOC)C(C)n1nn[nH]c1=O. The number of rotatable bonds is 4. The highest BCUT2D eigenvalue weighted by molar-refractivity contribution is 5.87. The van der Waals surface area contributed by atoms with Gasteiger partial charge in [-0.25, -0.2) is 9.89 Å². The van der Waals surface area contributed by atoms with E-state index in [4.69, 9.17) is 0 Å². The highest BCUT2D eigenvalue weighted by Crippen LogP contribution is 2.06. The minimum Gasteiger partial charge on any atom is -0.399 e. The van der Waals surface area contributed by atoms with Gasteiger partial charge < -0.3 is 4.84 Å². The number of nitrogens with one attached hydrogen (secondary N) is 1. The molecule has 1 heterocycles. The Balaban J connectivity index is 2.94. The van der Waals surface area contributed by atoms with Gasteiger partial charge >= 0.3 is 5.69 Å². The molecule has 0 spiro atoms. The van der Waals surface area contributed by atoms with Gasteiger partial charge in [-0.3, -0.25) is 0 Å². The first-order valence-corrected chi connectivity index (χ1v) is 4.30. The maximum Gasteiger partial charge on any atom is 0.361 e. The summed E-state index contributed by atoms with van der Waals surface area (Å²) in [5, 5.41) is 13.1. The molecule has 1 N–H and O–H groups in total. The number of oxime groups is 1. The van der Waals surface area contributed by atoms with E-state index in [1.165, 1.54) is 11.8 Å². The zero-order valence-corrected chi connectivity index (χ0v) is 8.39. The number of hydrogen-bond donors (Lipinski definition) is 1. The van der Waals surface area contributed by atoms with Crippen LogP contribution in [0.4, 0.5) is 0 Å². The van der Waals surface area contributed by atoms with Crippen molar-refractivity contribution >= 4 is 5.71 Å². The number of tetrazole rings is 1. The summed E-state index contributed by atoms with van der Waals surface area (Å²) in [6.07, 6.45) is 0.689. The highest BCUT2D eigenvalue weighted by Gasteiger charge is 2.15. The molecule has 78 valence electrons. The van der Waals surface area contributed by atoms with Crippen LogP contribution in [0.15, 0.2) is 9.95 Å². The van der Waals surface area contributed by atoms with Gasteiger partial charge in [0.25, 0.3) is 0 Å².